The molecule has 0 aromatic heterocycles. The highest BCUT2D eigenvalue weighted by Gasteiger charge is 2.28. The Morgan fingerprint density at radius 2 is 1.95 bits per heavy atom. The Bertz CT molecular complexity index is 497. The number of benzene rings is 1. The van der Waals surface area contributed by atoms with E-state index in [1.165, 1.54) is 5.56 Å². The van der Waals surface area contributed by atoms with Gasteiger partial charge in [0.05, 0.1) is 13.2 Å². The molecule has 0 bridgehead atoms. The second-order valence-corrected chi connectivity index (χ2v) is 6.31. The van der Waals surface area contributed by atoms with Gasteiger partial charge in [0.1, 0.15) is 0 Å². The summed E-state index contributed by atoms with van der Waals surface area (Å²) in [5, 5.41) is 2.99. The Balaban J connectivity index is 1.47. The molecule has 2 fully saturated rings. The molecule has 0 aliphatic carbocycles. The lowest BCUT2D eigenvalue weighted by molar-refractivity contribution is 0.0314. The van der Waals surface area contributed by atoms with Crippen molar-refractivity contribution in [2.75, 3.05) is 51.3 Å². The minimum atomic E-state index is 0.0216. The lowest BCUT2D eigenvalue weighted by atomic mass is 10.1. The predicted octanol–water partition coefficient (Wildman–Crippen LogP) is 2.18. The first-order valence-electron chi connectivity index (χ1n) is 8.13. The van der Waals surface area contributed by atoms with E-state index in [1.807, 2.05) is 36.1 Å². The molecule has 2 heterocycles. The van der Waals surface area contributed by atoms with Gasteiger partial charge in [-0.15, -0.1) is 0 Å². The molecule has 2 saturated heterocycles. The summed E-state index contributed by atoms with van der Waals surface area (Å²) in [5.74, 6) is 0.585. The smallest absolute Gasteiger partial charge is 0.321 e. The number of rotatable bonds is 3. The zero-order valence-electron chi connectivity index (χ0n) is 13.3. The summed E-state index contributed by atoms with van der Waals surface area (Å²) < 4.78 is 5.38. The molecule has 1 aromatic rings. The van der Waals surface area contributed by atoms with Gasteiger partial charge in [-0.25, -0.2) is 4.79 Å². The molecular formula is C17H25N3O2. The quantitative estimate of drug-likeness (QED) is 0.931. The third kappa shape index (κ3) is 3.99. The van der Waals surface area contributed by atoms with Crippen LogP contribution in [0.25, 0.3) is 0 Å². The fourth-order valence-corrected chi connectivity index (χ4v) is 3.15. The lowest BCUT2D eigenvalue weighted by Crippen LogP contribution is -2.40. The number of anilines is 1. The lowest BCUT2D eigenvalue weighted by Gasteiger charge is -2.29. The van der Waals surface area contributed by atoms with Crippen LogP contribution in [0.15, 0.2) is 24.3 Å². The van der Waals surface area contributed by atoms with Gasteiger partial charge in [0.15, 0.2) is 0 Å². The van der Waals surface area contributed by atoms with Crippen LogP contribution in [0.1, 0.15) is 12.0 Å². The first-order chi connectivity index (χ1) is 10.7. The van der Waals surface area contributed by atoms with E-state index in [9.17, 15) is 4.79 Å². The van der Waals surface area contributed by atoms with Crippen LogP contribution in [0.4, 0.5) is 10.5 Å². The van der Waals surface area contributed by atoms with Crippen LogP contribution in [0.5, 0.6) is 0 Å². The van der Waals surface area contributed by atoms with Crippen molar-refractivity contribution in [3.63, 3.8) is 0 Å². The molecule has 5 nitrogen and oxygen atoms in total. The van der Waals surface area contributed by atoms with E-state index >= 15 is 0 Å². The van der Waals surface area contributed by atoms with Crippen LogP contribution in [0, 0.1) is 12.8 Å². The molecule has 0 saturated carbocycles. The molecule has 2 amide bonds. The molecule has 1 atom stereocenters. The molecule has 22 heavy (non-hydrogen) atoms. The minimum absolute atomic E-state index is 0.0216. The van der Waals surface area contributed by atoms with Gasteiger partial charge in [-0.2, -0.15) is 0 Å². The highest BCUT2D eigenvalue weighted by Crippen LogP contribution is 2.19. The Morgan fingerprint density at radius 3 is 2.68 bits per heavy atom. The van der Waals surface area contributed by atoms with Crippen molar-refractivity contribution < 1.29 is 9.53 Å². The molecule has 3 rings (SSSR count). The maximum atomic E-state index is 12.3. The monoisotopic (exact) mass is 303 g/mol. The van der Waals surface area contributed by atoms with Crippen molar-refractivity contribution in [2.24, 2.45) is 5.92 Å². The van der Waals surface area contributed by atoms with Gasteiger partial charge in [-0.1, -0.05) is 17.7 Å². The number of carbonyl (C=O) groups excluding carboxylic acids is 1. The molecule has 120 valence electrons. The van der Waals surface area contributed by atoms with Gasteiger partial charge in [-0.05, 0) is 31.4 Å². The van der Waals surface area contributed by atoms with E-state index in [0.717, 1.165) is 58.0 Å². The summed E-state index contributed by atoms with van der Waals surface area (Å²) in [5.41, 5.74) is 2.07. The van der Waals surface area contributed by atoms with Crippen LogP contribution in [-0.4, -0.2) is 61.8 Å². The average Bonchev–Trinajstić information content (AvgIpc) is 2.99. The minimum Gasteiger partial charge on any atom is -0.379 e. The van der Waals surface area contributed by atoms with E-state index in [1.54, 1.807) is 0 Å². The normalized spacial score (nSPS) is 22.8. The van der Waals surface area contributed by atoms with Gasteiger partial charge in [0.2, 0.25) is 0 Å². The number of hydrogen-bond acceptors (Lipinski definition) is 3. The number of urea groups is 1. The van der Waals surface area contributed by atoms with E-state index in [4.69, 9.17) is 4.74 Å². The molecule has 0 radical (unpaired) electrons. The summed E-state index contributed by atoms with van der Waals surface area (Å²) in [6.45, 7) is 8.55. The van der Waals surface area contributed by atoms with Crippen molar-refractivity contribution in [2.45, 2.75) is 13.3 Å². The third-order valence-corrected chi connectivity index (χ3v) is 4.50. The van der Waals surface area contributed by atoms with Crippen molar-refractivity contribution >= 4 is 11.7 Å². The van der Waals surface area contributed by atoms with E-state index in [0.29, 0.717) is 5.92 Å². The zero-order chi connectivity index (χ0) is 15.4. The number of amides is 2. The number of nitrogens with one attached hydrogen (secondary N) is 1. The second kappa shape index (κ2) is 7.11. The fourth-order valence-electron chi connectivity index (χ4n) is 3.15. The Kier molecular flexibility index (Phi) is 4.95. The van der Waals surface area contributed by atoms with Crippen LogP contribution < -0.4 is 5.32 Å². The average molecular weight is 303 g/mol. The summed E-state index contributed by atoms with van der Waals surface area (Å²) in [7, 11) is 0. The zero-order valence-corrected chi connectivity index (χ0v) is 13.3. The summed E-state index contributed by atoms with van der Waals surface area (Å²) in [6.07, 6.45) is 1.10. The molecule has 2 aliphatic heterocycles. The maximum Gasteiger partial charge on any atom is 0.321 e. The summed E-state index contributed by atoms with van der Waals surface area (Å²) in [6, 6.07) is 7.96. The topological polar surface area (TPSA) is 44.8 Å². The number of ether oxygens (including phenoxy) is 1. The van der Waals surface area contributed by atoms with Crippen molar-refractivity contribution in [1.29, 1.82) is 0 Å². The predicted molar refractivity (Wildman–Crippen MR) is 87.1 cm³/mol. The fraction of sp³-hybridized carbons (Fsp3) is 0.588. The molecule has 0 unspecified atom stereocenters. The Morgan fingerprint density at radius 1 is 1.23 bits per heavy atom. The SMILES string of the molecule is Cc1ccc(NC(=O)N2CC[C@H](CN3CCOCC3)C2)cc1. The molecular weight excluding hydrogens is 278 g/mol. The third-order valence-electron chi connectivity index (χ3n) is 4.50. The molecule has 2 aliphatic rings. The van der Waals surface area contributed by atoms with Crippen LogP contribution in [0.2, 0.25) is 0 Å². The number of nitrogens with zero attached hydrogens (tertiary/aromatic N) is 2. The maximum absolute atomic E-state index is 12.3. The van der Waals surface area contributed by atoms with E-state index in [2.05, 4.69) is 10.2 Å². The van der Waals surface area contributed by atoms with Crippen molar-refractivity contribution in [1.82, 2.24) is 9.80 Å². The van der Waals surface area contributed by atoms with Crippen molar-refractivity contribution in [3.05, 3.63) is 29.8 Å². The van der Waals surface area contributed by atoms with E-state index < -0.39 is 0 Å². The molecule has 1 aromatic carbocycles. The molecule has 1 N–H and O–H groups in total. The van der Waals surface area contributed by atoms with Gasteiger partial charge >= 0.3 is 6.03 Å². The molecule has 5 heteroatoms. The number of hydrogen-bond donors (Lipinski definition) is 1. The Hall–Kier alpha value is -1.59. The number of aryl methyl sites for hydroxylation is 1. The highest BCUT2D eigenvalue weighted by molar-refractivity contribution is 5.89. The van der Waals surface area contributed by atoms with Crippen LogP contribution in [-0.2, 0) is 4.74 Å². The number of likely N-dealkylation sites (tertiary alicyclic amines) is 1. The van der Waals surface area contributed by atoms with Gasteiger partial charge in [0, 0.05) is 38.4 Å². The number of carbonyl (C=O) groups is 1. The first-order valence-corrected chi connectivity index (χ1v) is 8.13. The largest absolute Gasteiger partial charge is 0.379 e. The molecule has 0 spiro atoms. The number of morpholine rings is 1. The van der Waals surface area contributed by atoms with Crippen LogP contribution in [0.3, 0.4) is 0 Å². The second-order valence-electron chi connectivity index (χ2n) is 6.31. The van der Waals surface area contributed by atoms with Gasteiger partial charge in [-0.3, -0.25) is 4.90 Å². The first kappa shape index (κ1) is 15.3. The van der Waals surface area contributed by atoms with Crippen LogP contribution >= 0.6 is 0 Å². The highest BCUT2D eigenvalue weighted by atomic mass is 16.5. The summed E-state index contributed by atoms with van der Waals surface area (Å²) in [4.78, 5) is 16.7. The Labute approximate surface area is 132 Å². The standard InChI is InChI=1S/C17H25N3O2/c1-14-2-4-16(5-3-14)18-17(21)20-7-6-15(13-20)12-19-8-10-22-11-9-19/h2-5,15H,6-13H2,1H3,(H,18,21)/t15-/m1/s1. The van der Waals surface area contributed by atoms with Crippen molar-refractivity contribution in [3.8, 4) is 0 Å². The van der Waals surface area contributed by atoms with E-state index in [-0.39, 0.29) is 6.03 Å². The van der Waals surface area contributed by atoms with Gasteiger partial charge in [0.25, 0.3) is 0 Å². The van der Waals surface area contributed by atoms with Gasteiger partial charge < -0.3 is 15.0 Å². The summed E-state index contributed by atoms with van der Waals surface area (Å²) >= 11 is 0.